The highest BCUT2D eigenvalue weighted by Gasteiger charge is 2.60. The van der Waals surface area contributed by atoms with Crippen molar-refractivity contribution in [3.05, 3.63) is 72.4 Å². The lowest BCUT2D eigenvalue weighted by molar-refractivity contribution is -0.143. The highest BCUT2D eigenvalue weighted by atomic mass is 16.2. The molecule has 30 heavy (non-hydrogen) atoms. The highest BCUT2D eigenvalue weighted by molar-refractivity contribution is 6.07. The number of anilines is 1. The molecule has 2 fully saturated rings. The van der Waals surface area contributed by atoms with Crippen LogP contribution >= 0.6 is 0 Å². The van der Waals surface area contributed by atoms with Crippen molar-refractivity contribution in [1.82, 2.24) is 15.2 Å². The normalized spacial score (nSPS) is 27.3. The fraction of sp³-hybridized carbons (Fsp3) is 0.304. The van der Waals surface area contributed by atoms with Crippen LogP contribution in [0.4, 0.5) is 10.6 Å². The van der Waals surface area contributed by atoms with Gasteiger partial charge in [-0.15, -0.1) is 0 Å². The molecule has 2 heterocycles. The molecule has 5 unspecified atom stereocenters. The summed E-state index contributed by atoms with van der Waals surface area (Å²) >= 11 is 0. The maximum absolute atomic E-state index is 13.2. The van der Waals surface area contributed by atoms with Crippen LogP contribution in [0.15, 0.2) is 66.9 Å². The molecule has 152 valence electrons. The summed E-state index contributed by atoms with van der Waals surface area (Å²) in [5.74, 6) is -0.311. The quantitative estimate of drug-likeness (QED) is 0.594. The van der Waals surface area contributed by atoms with E-state index < -0.39 is 12.2 Å². The van der Waals surface area contributed by atoms with Crippen molar-refractivity contribution in [2.75, 3.05) is 5.32 Å². The lowest BCUT2D eigenvalue weighted by Crippen LogP contribution is -2.54. The molecule has 1 saturated carbocycles. The molecular weight excluding hydrogens is 380 g/mol. The number of allylic oxidation sites excluding steroid dienone is 2. The van der Waals surface area contributed by atoms with Gasteiger partial charge < -0.3 is 5.32 Å². The number of carbonyl (C=O) groups excluding carboxylic acids is 3. The van der Waals surface area contributed by atoms with Gasteiger partial charge >= 0.3 is 6.03 Å². The number of rotatable bonds is 5. The van der Waals surface area contributed by atoms with Gasteiger partial charge in [0, 0.05) is 12.6 Å². The summed E-state index contributed by atoms with van der Waals surface area (Å²) in [6, 6.07) is 14.2. The van der Waals surface area contributed by atoms with Crippen molar-refractivity contribution in [3.8, 4) is 0 Å². The summed E-state index contributed by atoms with van der Waals surface area (Å²) in [5, 5.41) is 5.50. The lowest BCUT2D eigenvalue weighted by atomic mass is 9.85. The summed E-state index contributed by atoms with van der Waals surface area (Å²) in [6.07, 6.45) is 6.16. The first kappa shape index (κ1) is 18.5. The van der Waals surface area contributed by atoms with Crippen LogP contribution in [0.1, 0.15) is 12.0 Å². The van der Waals surface area contributed by atoms with Crippen LogP contribution in [0.2, 0.25) is 0 Å². The number of hydrogen-bond acceptors (Lipinski definition) is 4. The molecule has 1 aliphatic heterocycles. The number of urea groups is 1. The van der Waals surface area contributed by atoms with Gasteiger partial charge in [-0.25, -0.2) is 9.78 Å². The number of nitrogens with zero attached hydrogens (tertiary/aromatic N) is 2. The van der Waals surface area contributed by atoms with Crippen LogP contribution in [0.3, 0.4) is 0 Å². The number of imide groups is 1. The van der Waals surface area contributed by atoms with Gasteiger partial charge in [-0.2, -0.15) is 0 Å². The van der Waals surface area contributed by atoms with Crippen LogP contribution in [0, 0.1) is 23.7 Å². The van der Waals surface area contributed by atoms with Crippen LogP contribution in [0.5, 0.6) is 0 Å². The maximum Gasteiger partial charge on any atom is 0.322 e. The average molecular weight is 402 g/mol. The number of hydrogen-bond donors (Lipinski definition) is 2. The monoisotopic (exact) mass is 402 g/mol. The topological polar surface area (TPSA) is 91.4 Å². The third-order valence-electron chi connectivity index (χ3n) is 6.29. The minimum Gasteiger partial charge on any atom is -0.317 e. The van der Waals surface area contributed by atoms with Gasteiger partial charge in [-0.1, -0.05) is 48.6 Å². The van der Waals surface area contributed by atoms with Gasteiger partial charge in [0.05, 0.1) is 11.8 Å². The number of fused-ring (bicyclic) bond motifs is 5. The Kier molecular flexibility index (Phi) is 4.58. The zero-order valence-corrected chi connectivity index (χ0v) is 16.3. The van der Waals surface area contributed by atoms with Crippen molar-refractivity contribution in [2.24, 2.45) is 23.7 Å². The molecule has 1 aromatic heterocycles. The molecule has 2 bridgehead atoms. The Morgan fingerprint density at radius 3 is 2.30 bits per heavy atom. The number of nitrogens with one attached hydrogen (secondary N) is 2. The van der Waals surface area contributed by atoms with Crippen molar-refractivity contribution < 1.29 is 14.4 Å². The van der Waals surface area contributed by atoms with Crippen molar-refractivity contribution in [3.63, 3.8) is 0 Å². The molecule has 2 aliphatic carbocycles. The Morgan fingerprint density at radius 1 is 1.00 bits per heavy atom. The minimum absolute atomic E-state index is 0.126. The van der Waals surface area contributed by atoms with E-state index in [1.165, 1.54) is 4.90 Å². The van der Waals surface area contributed by atoms with E-state index in [1.54, 1.807) is 24.4 Å². The van der Waals surface area contributed by atoms with E-state index >= 15 is 0 Å². The van der Waals surface area contributed by atoms with Gasteiger partial charge in [0.25, 0.3) is 0 Å². The Labute approximate surface area is 174 Å². The molecule has 0 radical (unpaired) electrons. The molecule has 5 atom stereocenters. The number of carbonyl (C=O) groups is 3. The molecule has 0 spiro atoms. The second-order valence-electron chi connectivity index (χ2n) is 8.07. The number of pyridine rings is 1. The van der Waals surface area contributed by atoms with Gasteiger partial charge in [-0.05, 0) is 36.0 Å². The summed E-state index contributed by atoms with van der Waals surface area (Å²) in [7, 11) is 0. The fourth-order valence-corrected chi connectivity index (χ4v) is 5.02. The lowest BCUT2D eigenvalue weighted by Gasteiger charge is -2.28. The fourth-order valence-electron chi connectivity index (χ4n) is 5.02. The summed E-state index contributed by atoms with van der Waals surface area (Å²) in [6.45, 7) is 0. The van der Waals surface area contributed by atoms with Crippen LogP contribution in [-0.2, 0) is 16.0 Å². The number of benzene rings is 1. The van der Waals surface area contributed by atoms with E-state index in [9.17, 15) is 14.4 Å². The Balaban J connectivity index is 1.39. The minimum atomic E-state index is -0.763. The average Bonchev–Trinajstić information content (AvgIpc) is 3.43. The molecule has 7 nitrogen and oxygen atoms in total. The first-order chi connectivity index (χ1) is 14.6. The second-order valence-corrected chi connectivity index (χ2v) is 8.07. The van der Waals surface area contributed by atoms with Crippen molar-refractivity contribution in [2.45, 2.75) is 19.0 Å². The summed E-state index contributed by atoms with van der Waals surface area (Å²) < 4.78 is 0. The van der Waals surface area contributed by atoms with Gasteiger partial charge in [0.15, 0.2) is 0 Å². The third kappa shape index (κ3) is 3.16. The van der Waals surface area contributed by atoms with E-state index in [0.29, 0.717) is 12.2 Å². The molecule has 3 aliphatic rings. The second kappa shape index (κ2) is 7.40. The van der Waals surface area contributed by atoms with Crippen molar-refractivity contribution in [1.29, 1.82) is 0 Å². The molecule has 1 aromatic carbocycles. The largest absolute Gasteiger partial charge is 0.322 e. The molecule has 2 N–H and O–H groups in total. The number of aromatic nitrogens is 1. The molecular formula is C23H22N4O3. The maximum atomic E-state index is 13.2. The first-order valence-electron chi connectivity index (χ1n) is 10.2. The molecule has 1 saturated heterocycles. The van der Waals surface area contributed by atoms with E-state index in [1.807, 2.05) is 30.3 Å². The van der Waals surface area contributed by atoms with Crippen LogP contribution in [0.25, 0.3) is 0 Å². The Morgan fingerprint density at radius 2 is 1.67 bits per heavy atom. The Hall–Kier alpha value is -3.48. The predicted octanol–water partition coefficient (Wildman–Crippen LogP) is 2.58. The first-order valence-corrected chi connectivity index (χ1v) is 10.2. The summed E-state index contributed by atoms with van der Waals surface area (Å²) in [5.41, 5.74) is 0.930. The molecule has 5 rings (SSSR count). The standard InChI is InChI=1S/C23H22N4O3/c28-21-19-15-9-10-16(13-15)20(19)22(29)27(21)18(12-14-6-2-1-3-7-14)26-23(30)25-17-8-4-5-11-24-17/h1-11,15-16,18-20H,12-13H2,(H2,24,25,26,30). The van der Waals surface area contributed by atoms with E-state index in [0.717, 1.165) is 12.0 Å². The molecule has 4 amide bonds. The van der Waals surface area contributed by atoms with E-state index in [2.05, 4.69) is 27.8 Å². The smallest absolute Gasteiger partial charge is 0.317 e. The van der Waals surface area contributed by atoms with E-state index in [-0.39, 0.29) is 35.5 Å². The zero-order chi connectivity index (χ0) is 20.7. The van der Waals surface area contributed by atoms with Gasteiger partial charge in [-0.3, -0.25) is 19.8 Å². The molecule has 7 heteroatoms. The SMILES string of the molecule is O=C(Nc1ccccn1)NC(Cc1ccccc1)N1C(=O)C2C3C=CC(C3)C2C1=O. The highest BCUT2D eigenvalue weighted by Crippen LogP contribution is 2.52. The molecule has 2 aromatic rings. The van der Waals surface area contributed by atoms with Crippen LogP contribution in [-0.4, -0.2) is 33.9 Å². The summed E-state index contributed by atoms with van der Waals surface area (Å²) in [4.78, 5) is 44.5. The number of amides is 4. The van der Waals surface area contributed by atoms with Gasteiger partial charge in [0.1, 0.15) is 12.0 Å². The van der Waals surface area contributed by atoms with Crippen LogP contribution < -0.4 is 10.6 Å². The van der Waals surface area contributed by atoms with E-state index in [4.69, 9.17) is 0 Å². The van der Waals surface area contributed by atoms with Gasteiger partial charge in [0.2, 0.25) is 11.8 Å². The predicted molar refractivity (Wildman–Crippen MR) is 110 cm³/mol. The zero-order valence-electron chi connectivity index (χ0n) is 16.3. The Bertz CT molecular complexity index is 978. The van der Waals surface area contributed by atoms with Crippen molar-refractivity contribution >= 4 is 23.7 Å². The number of likely N-dealkylation sites (tertiary alicyclic amines) is 1. The third-order valence-corrected chi connectivity index (χ3v) is 6.29.